The SMILES string of the molecule is CC(C)(C)OC(=O)NCCc1ccc(Cl)cc1CN.CC(C)(C)OC(=O)NCCc1ccc(Cl)cc1CNC(=O)Cc1c(Cl)cnc(NCC(F)(F)c2ccccn2)c1F.O=C(O)Cc1c(Cl)cnc(NCC(F)(F)c2ccccn2)c1F. The number of pyridine rings is 4. The summed E-state index contributed by atoms with van der Waals surface area (Å²) in [6.07, 6.45) is 3.57. The fraction of sp³-hybridized carbons (Fsp3) is 0.357. The topological polar surface area (TPSA) is 245 Å². The van der Waals surface area contributed by atoms with E-state index in [9.17, 15) is 41.1 Å². The van der Waals surface area contributed by atoms with E-state index in [0.29, 0.717) is 41.5 Å². The monoisotopic (exact) mass is 1240 g/mol. The standard InChI is InChI=1S/C28H30Cl2F3N5O3.C14H11ClF3N3O2.C14H21ClN2O2/c1-27(2,3)41-26(40)35-11-9-17-7-8-19(29)12-18(17)14-36-23(39)13-20-21(30)15-37-25(24(20)31)38-16-28(32,33)22-6-4-5-10-34-22;15-9-6-20-13(12(16)8(9)5-11(22)23)21-7-14(17,18)10-3-1-2-4-19-10;1-14(2,3)19-13(18)17-7-6-10-4-5-12(15)8-11(10)9-16/h4-8,10,12,15H,9,11,13-14,16H2,1-3H3,(H,35,40)(H,36,39)(H,37,38);1-4,6H,5,7H2,(H,20,21)(H,22,23);4-5,8H,6-7,9,16H2,1-3H3,(H,17,18). The Morgan fingerprint density at radius 2 is 1.00 bits per heavy atom. The molecule has 0 saturated heterocycles. The molecule has 2 aromatic carbocycles. The lowest BCUT2D eigenvalue weighted by molar-refractivity contribution is -0.136. The first-order valence-corrected chi connectivity index (χ1v) is 26.8. The smallest absolute Gasteiger partial charge is 0.407 e. The molecule has 0 aliphatic heterocycles. The first-order valence-electron chi connectivity index (χ1n) is 25.3. The van der Waals surface area contributed by atoms with Gasteiger partial charge in [0.15, 0.2) is 23.3 Å². The number of alkyl halides is 4. The third-order valence-electron chi connectivity index (χ3n) is 11.0. The molecular formula is C56H62Cl4F6N10O7. The summed E-state index contributed by atoms with van der Waals surface area (Å²) >= 11 is 23.8. The average Bonchev–Trinajstić information content (AvgIpc) is 3.62. The summed E-state index contributed by atoms with van der Waals surface area (Å²) in [6, 6.07) is 18.9. The highest BCUT2D eigenvalue weighted by atomic mass is 35.5. The highest BCUT2D eigenvalue weighted by Gasteiger charge is 2.35. The van der Waals surface area contributed by atoms with Gasteiger partial charge in [-0.15, -0.1) is 0 Å². The summed E-state index contributed by atoms with van der Waals surface area (Å²) in [5.41, 5.74) is 6.67. The van der Waals surface area contributed by atoms with Gasteiger partial charge in [-0.05, 0) is 125 Å². The number of anilines is 2. The summed E-state index contributed by atoms with van der Waals surface area (Å²) in [5.74, 6) is -11.7. The molecule has 6 aromatic rings. The Bertz CT molecular complexity index is 3150. The minimum absolute atomic E-state index is 0.0624. The van der Waals surface area contributed by atoms with Gasteiger partial charge in [-0.3, -0.25) is 19.6 Å². The van der Waals surface area contributed by atoms with E-state index in [1.807, 2.05) is 39.0 Å². The molecule has 0 atom stereocenters. The number of hydrogen-bond donors (Lipinski definition) is 7. The molecule has 27 heteroatoms. The number of nitrogens with two attached hydrogens (primary N) is 1. The summed E-state index contributed by atoms with van der Waals surface area (Å²) in [4.78, 5) is 61.3. The molecule has 0 fully saturated rings. The molecule has 0 bridgehead atoms. The molecule has 83 heavy (non-hydrogen) atoms. The van der Waals surface area contributed by atoms with Crippen LogP contribution in [0.5, 0.6) is 0 Å². The molecule has 6 rings (SSSR count). The van der Waals surface area contributed by atoms with Gasteiger partial charge in [0, 0.05) is 72.1 Å². The molecule has 17 nitrogen and oxygen atoms in total. The van der Waals surface area contributed by atoms with Gasteiger partial charge in [0.1, 0.15) is 22.6 Å². The summed E-state index contributed by atoms with van der Waals surface area (Å²) < 4.78 is 96.5. The minimum atomic E-state index is -3.40. The maximum atomic E-state index is 15.1. The van der Waals surface area contributed by atoms with Crippen molar-refractivity contribution >= 4 is 82.1 Å². The van der Waals surface area contributed by atoms with Crippen molar-refractivity contribution in [3.63, 3.8) is 0 Å². The number of alkyl carbamates (subject to hydrolysis) is 2. The lowest BCUT2D eigenvalue weighted by Gasteiger charge is -2.20. The number of halogens is 10. The van der Waals surface area contributed by atoms with E-state index in [1.165, 1.54) is 36.7 Å². The van der Waals surface area contributed by atoms with E-state index in [4.69, 9.17) is 66.7 Å². The lowest BCUT2D eigenvalue weighted by atomic mass is 10.0. The van der Waals surface area contributed by atoms with E-state index in [2.05, 4.69) is 46.5 Å². The first kappa shape index (κ1) is 68.3. The molecule has 448 valence electrons. The maximum absolute atomic E-state index is 15.1. The van der Waals surface area contributed by atoms with Crippen LogP contribution >= 0.6 is 46.4 Å². The molecule has 0 spiro atoms. The van der Waals surface area contributed by atoms with Gasteiger partial charge in [0.05, 0.1) is 36.0 Å². The highest BCUT2D eigenvalue weighted by Crippen LogP contribution is 2.31. The predicted octanol–water partition coefficient (Wildman–Crippen LogP) is 12.0. The molecule has 0 unspecified atom stereocenters. The quantitative estimate of drug-likeness (QED) is 0.0332. The van der Waals surface area contributed by atoms with Crippen molar-refractivity contribution in [2.24, 2.45) is 5.73 Å². The van der Waals surface area contributed by atoms with E-state index in [0.717, 1.165) is 41.2 Å². The average molecular weight is 1240 g/mol. The number of nitrogens with one attached hydrogen (secondary N) is 5. The van der Waals surface area contributed by atoms with E-state index < -0.39 is 108 Å². The zero-order chi connectivity index (χ0) is 61.7. The number of amides is 3. The minimum Gasteiger partial charge on any atom is -0.481 e. The number of rotatable bonds is 21. The maximum Gasteiger partial charge on any atom is 0.407 e. The van der Waals surface area contributed by atoms with Crippen molar-refractivity contribution in [3.8, 4) is 0 Å². The molecule has 4 heterocycles. The Labute approximate surface area is 495 Å². The molecule has 0 aliphatic carbocycles. The van der Waals surface area contributed by atoms with Gasteiger partial charge >= 0.3 is 30.0 Å². The van der Waals surface area contributed by atoms with Crippen LogP contribution < -0.4 is 32.3 Å². The molecular weight excluding hydrogens is 1180 g/mol. The fourth-order valence-corrected chi connectivity index (χ4v) is 7.92. The van der Waals surface area contributed by atoms with Crippen LogP contribution in [0.4, 0.5) is 47.6 Å². The predicted molar refractivity (Wildman–Crippen MR) is 305 cm³/mol. The van der Waals surface area contributed by atoms with Crippen LogP contribution in [0.15, 0.2) is 97.6 Å². The van der Waals surface area contributed by atoms with Crippen LogP contribution in [0.1, 0.15) is 86.3 Å². The Morgan fingerprint density at radius 1 is 0.578 bits per heavy atom. The molecule has 0 radical (unpaired) electrons. The van der Waals surface area contributed by atoms with Crippen molar-refractivity contribution in [3.05, 3.63) is 174 Å². The van der Waals surface area contributed by atoms with Crippen molar-refractivity contribution in [2.75, 3.05) is 36.8 Å². The van der Waals surface area contributed by atoms with Gasteiger partial charge in [0.2, 0.25) is 5.91 Å². The van der Waals surface area contributed by atoms with Crippen molar-refractivity contribution in [2.45, 2.75) is 103 Å². The highest BCUT2D eigenvalue weighted by molar-refractivity contribution is 6.32. The number of carboxylic acids is 1. The summed E-state index contributed by atoms with van der Waals surface area (Å²) in [5, 5.41) is 22.1. The van der Waals surface area contributed by atoms with Gasteiger partial charge in [-0.2, -0.15) is 17.6 Å². The van der Waals surface area contributed by atoms with E-state index in [-0.39, 0.29) is 34.3 Å². The number of aliphatic carboxylic acids is 1. The number of benzene rings is 2. The molecule has 0 saturated carbocycles. The van der Waals surface area contributed by atoms with Crippen LogP contribution in [-0.2, 0) is 69.7 Å². The Balaban J connectivity index is 0.000000296. The van der Waals surface area contributed by atoms with Crippen LogP contribution in [0.3, 0.4) is 0 Å². The molecule has 8 N–H and O–H groups in total. The third-order valence-corrected chi connectivity index (χ3v) is 12.1. The van der Waals surface area contributed by atoms with Gasteiger partial charge in [-0.25, -0.2) is 28.3 Å². The number of carbonyl (C=O) groups is 4. The third kappa shape index (κ3) is 23.5. The Morgan fingerprint density at radius 3 is 1.40 bits per heavy atom. The second kappa shape index (κ2) is 31.5. The Kier molecular flexibility index (Phi) is 25.9. The lowest BCUT2D eigenvalue weighted by Crippen LogP contribution is -2.33. The van der Waals surface area contributed by atoms with Crippen molar-refractivity contribution < 1.29 is 60.1 Å². The van der Waals surface area contributed by atoms with Crippen LogP contribution in [0, 0.1) is 11.6 Å². The number of nitrogens with zero attached hydrogens (tertiary/aromatic N) is 4. The zero-order valence-corrected chi connectivity index (χ0v) is 48.9. The molecule has 3 amide bonds. The largest absolute Gasteiger partial charge is 0.481 e. The zero-order valence-electron chi connectivity index (χ0n) is 45.9. The van der Waals surface area contributed by atoms with Gasteiger partial charge < -0.3 is 46.9 Å². The van der Waals surface area contributed by atoms with Gasteiger partial charge in [-0.1, -0.05) is 70.7 Å². The Hall–Kier alpha value is -7.18. The van der Waals surface area contributed by atoms with Crippen molar-refractivity contribution in [1.29, 1.82) is 0 Å². The molecule has 4 aromatic heterocycles. The van der Waals surface area contributed by atoms with Crippen LogP contribution in [0.2, 0.25) is 20.1 Å². The van der Waals surface area contributed by atoms with Gasteiger partial charge in [0.25, 0.3) is 0 Å². The van der Waals surface area contributed by atoms with Crippen LogP contribution in [-0.4, -0.2) is 86.5 Å². The summed E-state index contributed by atoms with van der Waals surface area (Å²) in [7, 11) is 0. The fourth-order valence-electron chi connectivity index (χ4n) is 7.13. The number of ether oxygens (including phenoxy) is 2. The number of aromatic nitrogens is 4. The second-order valence-electron chi connectivity index (χ2n) is 20.0. The van der Waals surface area contributed by atoms with Crippen LogP contribution in [0.25, 0.3) is 0 Å². The number of carbonyl (C=O) groups excluding carboxylic acids is 3. The summed E-state index contributed by atoms with van der Waals surface area (Å²) in [6.45, 7) is 10.1. The number of carboxylic acid groups (broad SMARTS) is 1. The number of hydrogen-bond acceptors (Lipinski definition) is 13. The first-order chi connectivity index (χ1) is 38.9. The second-order valence-corrected chi connectivity index (χ2v) is 21.6. The molecule has 0 aliphatic rings. The van der Waals surface area contributed by atoms with E-state index >= 15 is 4.39 Å². The van der Waals surface area contributed by atoms with E-state index in [1.54, 1.807) is 39.0 Å². The van der Waals surface area contributed by atoms with Crippen molar-refractivity contribution in [1.82, 2.24) is 35.9 Å². The normalized spacial score (nSPS) is 11.4.